The smallest absolute Gasteiger partial charge is 0.286 e. The van der Waals surface area contributed by atoms with Gasteiger partial charge in [0.2, 0.25) is 6.33 Å². The van der Waals surface area contributed by atoms with Crippen LogP contribution in [-0.4, -0.2) is 15.6 Å². The van der Waals surface area contributed by atoms with E-state index < -0.39 is 0 Å². The maximum absolute atomic E-state index is 11.8. The first-order valence-electron chi connectivity index (χ1n) is 4.63. The van der Waals surface area contributed by atoms with Crippen LogP contribution in [-0.2, 0) is 6.54 Å². The van der Waals surface area contributed by atoms with Gasteiger partial charge >= 0.3 is 0 Å². The molecule has 0 aliphatic carbocycles. The van der Waals surface area contributed by atoms with E-state index in [9.17, 15) is 4.79 Å². The van der Waals surface area contributed by atoms with Gasteiger partial charge in [-0.15, -0.1) is 9.36 Å². The van der Waals surface area contributed by atoms with Crippen molar-refractivity contribution < 1.29 is 9.47 Å². The van der Waals surface area contributed by atoms with E-state index >= 15 is 0 Å². The fraction of sp³-hybridized carbons (Fsp3) is 0.100. The summed E-state index contributed by atoms with van der Waals surface area (Å²) in [6, 6.07) is 6.73. The molecule has 82 valence electrons. The topological polar surface area (TPSA) is 64.8 Å². The Balaban J connectivity index is 2.11. The predicted octanol–water partition coefficient (Wildman–Crippen LogP) is 0.421. The Morgan fingerprint density at radius 2 is 2.12 bits per heavy atom. The Hall–Kier alpha value is -1.88. The monoisotopic (exact) mass is 237 g/mol. The average molecular weight is 238 g/mol. The van der Waals surface area contributed by atoms with Gasteiger partial charge in [0.1, 0.15) is 0 Å². The molecule has 0 saturated carbocycles. The van der Waals surface area contributed by atoms with E-state index in [2.05, 4.69) is 5.10 Å². The lowest BCUT2D eigenvalue weighted by atomic mass is 10.1. The molecule has 0 aliphatic heterocycles. The molecule has 2 rings (SSSR count). The summed E-state index contributed by atoms with van der Waals surface area (Å²) in [5.74, 6) is 5.38. The van der Waals surface area contributed by atoms with E-state index in [4.69, 9.17) is 17.4 Å². The maximum atomic E-state index is 11.8. The second-order valence-corrected chi connectivity index (χ2v) is 3.76. The van der Waals surface area contributed by atoms with Crippen molar-refractivity contribution in [2.45, 2.75) is 6.54 Å². The van der Waals surface area contributed by atoms with Gasteiger partial charge in [0.05, 0.1) is 0 Å². The number of hydrogen-bond acceptors (Lipinski definition) is 3. The molecule has 2 aromatic rings. The van der Waals surface area contributed by atoms with Crippen molar-refractivity contribution in [1.82, 2.24) is 9.78 Å². The highest BCUT2D eigenvalue weighted by Gasteiger charge is 2.11. The summed E-state index contributed by atoms with van der Waals surface area (Å²) in [6.45, 7) is 0.159. The molecule has 0 saturated heterocycles. The predicted molar refractivity (Wildman–Crippen MR) is 58.4 cm³/mol. The van der Waals surface area contributed by atoms with Crippen LogP contribution < -0.4 is 10.5 Å². The highest BCUT2D eigenvalue weighted by Crippen LogP contribution is 2.10. The highest BCUT2D eigenvalue weighted by atomic mass is 35.5. The number of carbonyl (C=O) groups excluding carboxylic acids is 1. The molecule has 0 fully saturated rings. The molecular weight excluding hydrogens is 228 g/mol. The second-order valence-electron chi connectivity index (χ2n) is 3.32. The number of nitrogens with zero attached hydrogens (tertiary/aromatic N) is 3. The highest BCUT2D eigenvalue weighted by molar-refractivity contribution is 6.30. The Labute approximate surface area is 97.0 Å². The van der Waals surface area contributed by atoms with Gasteiger partial charge in [-0.3, -0.25) is 10.6 Å². The summed E-state index contributed by atoms with van der Waals surface area (Å²) >= 11 is 5.73. The fourth-order valence-electron chi connectivity index (χ4n) is 1.30. The van der Waals surface area contributed by atoms with Crippen molar-refractivity contribution >= 4 is 17.4 Å². The Bertz CT molecular complexity index is 506. The summed E-state index contributed by atoms with van der Waals surface area (Å²) in [7, 11) is 0. The number of Topliss-reactive ketones (excluding diaryl/α,β-unsaturated/α-hetero) is 1. The van der Waals surface area contributed by atoms with Crippen molar-refractivity contribution in [3.8, 4) is 0 Å². The van der Waals surface area contributed by atoms with Gasteiger partial charge < -0.3 is 0 Å². The van der Waals surface area contributed by atoms with Gasteiger partial charge in [0.15, 0.2) is 12.3 Å². The lowest BCUT2D eigenvalue weighted by Gasteiger charge is -1.97. The van der Waals surface area contributed by atoms with Crippen molar-refractivity contribution in [1.29, 1.82) is 0 Å². The molecule has 0 atom stereocenters. The van der Waals surface area contributed by atoms with Gasteiger partial charge in [0, 0.05) is 15.7 Å². The Kier molecular flexibility index (Phi) is 2.87. The largest absolute Gasteiger partial charge is 0.290 e. The van der Waals surface area contributed by atoms with Crippen LogP contribution in [0.4, 0.5) is 0 Å². The number of hydrogen-bond donors (Lipinski definition) is 1. The van der Waals surface area contributed by atoms with Crippen LogP contribution in [0, 0.1) is 0 Å². The summed E-state index contributed by atoms with van der Waals surface area (Å²) in [6.07, 6.45) is 2.96. The van der Waals surface area contributed by atoms with Gasteiger partial charge in [0.25, 0.3) is 6.33 Å². The minimum absolute atomic E-state index is 0.0413. The first-order valence-corrected chi connectivity index (χ1v) is 5.00. The Morgan fingerprint density at radius 3 is 2.69 bits per heavy atom. The van der Waals surface area contributed by atoms with E-state index in [-0.39, 0.29) is 12.3 Å². The van der Waals surface area contributed by atoms with E-state index in [0.717, 1.165) is 0 Å². The van der Waals surface area contributed by atoms with Gasteiger partial charge in [-0.05, 0) is 24.3 Å². The number of aromatic nitrogens is 3. The molecule has 0 bridgehead atoms. The van der Waals surface area contributed by atoms with Crippen LogP contribution in [0.5, 0.6) is 0 Å². The van der Waals surface area contributed by atoms with Crippen LogP contribution in [0.25, 0.3) is 0 Å². The van der Waals surface area contributed by atoms with Crippen LogP contribution in [0.15, 0.2) is 36.9 Å². The van der Waals surface area contributed by atoms with E-state index in [1.165, 1.54) is 22.0 Å². The molecule has 16 heavy (non-hydrogen) atoms. The molecule has 1 heterocycles. The number of carbonyl (C=O) groups is 1. The van der Waals surface area contributed by atoms with Crippen molar-refractivity contribution in [2.24, 2.45) is 0 Å². The van der Waals surface area contributed by atoms with Crippen LogP contribution in [0.2, 0.25) is 5.02 Å². The molecule has 0 radical (unpaired) electrons. The number of halogens is 1. The van der Waals surface area contributed by atoms with Crippen molar-refractivity contribution in [2.75, 3.05) is 5.84 Å². The molecule has 0 unspecified atom stereocenters. The van der Waals surface area contributed by atoms with Gasteiger partial charge in [-0.25, -0.2) is 0 Å². The summed E-state index contributed by atoms with van der Waals surface area (Å²) < 4.78 is 2.76. The molecule has 6 heteroatoms. The van der Waals surface area contributed by atoms with Gasteiger partial charge in [-0.1, -0.05) is 11.6 Å². The van der Waals surface area contributed by atoms with E-state index in [0.29, 0.717) is 10.6 Å². The minimum atomic E-state index is -0.0413. The van der Waals surface area contributed by atoms with Gasteiger partial charge in [-0.2, -0.15) is 0 Å². The van der Waals surface area contributed by atoms with Crippen LogP contribution >= 0.6 is 11.6 Å². The molecule has 1 aromatic carbocycles. The minimum Gasteiger partial charge on any atom is -0.290 e. The zero-order chi connectivity index (χ0) is 11.5. The maximum Gasteiger partial charge on any atom is 0.286 e. The SMILES string of the molecule is N[n+]1cnn(CC(=O)c2ccc(Cl)cc2)c1. The number of nitrogens with two attached hydrogens (primary N) is 1. The standard InChI is InChI=1S/C10H10ClN4O/c11-9-3-1-8(2-4-9)10(16)5-15-7-14(12)6-13-15/h1-4,6-7H,5,12H2/q+1. The van der Waals surface area contributed by atoms with E-state index in [1.54, 1.807) is 24.3 Å². The zero-order valence-electron chi connectivity index (χ0n) is 8.38. The molecule has 0 amide bonds. The molecule has 0 aliphatic rings. The van der Waals surface area contributed by atoms with Crippen LogP contribution in [0.3, 0.4) is 0 Å². The third-order valence-electron chi connectivity index (χ3n) is 2.07. The third-order valence-corrected chi connectivity index (χ3v) is 2.32. The van der Waals surface area contributed by atoms with Crippen LogP contribution in [0.1, 0.15) is 10.4 Å². The molecule has 1 aromatic heterocycles. The normalized spacial score (nSPS) is 10.3. The molecule has 5 nitrogen and oxygen atoms in total. The fourth-order valence-corrected chi connectivity index (χ4v) is 1.42. The average Bonchev–Trinajstić information content (AvgIpc) is 2.65. The summed E-state index contributed by atoms with van der Waals surface area (Å²) in [5, 5.41) is 4.51. The first kappa shape index (κ1) is 10.6. The summed E-state index contributed by atoms with van der Waals surface area (Å²) in [4.78, 5) is 11.8. The quantitative estimate of drug-likeness (QED) is 0.478. The second kappa shape index (κ2) is 4.32. The third kappa shape index (κ3) is 2.38. The lowest BCUT2D eigenvalue weighted by Crippen LogP contribution is -2.42. The number of ketones is 1. The molecular formula is C10H10ClN4O+. The zero-order valence-corrected chi connectivity index (χ0v) is 9.13. The lowest BCUT2D eigenvalue weighted by molar-refractivity contribution is -0.639. The summed E-state index contributed by atoms with van der Waals surface area (Å²) in [5.41, 5.74) is 0.600. The molecule has 0 spiro atoms. The number of benzene rings is 1. The molecule has 2 N–H and O–H groups in total. The van der Waals surface area contributed by atoms with E-state index in [1.807, 2.05) is 0 Å². The number of nitrogen functional groups attached to an aromatic ring is 1. The van der Waals surface area contributed by atoms with Crippen molar-refractivity contribution in [3.63, 3.8) is 0 Å². The number of rotatable bonds is 3. The first-order chi connectivity index (χ1) is 7.65. The van der Waals surface area contributed by atoms with Crippen molar-refractivity contribution in [3.05, 3.63) is 47.5 Å². The Morgan fingerprint density at radius 1 is 1.44 bits per heavy atom.